The monoisotopic (exact) mass is 489 g/mol. The maximum atomic E-state index is 12.6. The molecule has 2 heterocycles. The van der Waals surface area contributed by atoms with Crippen molar-refractivity contribution in [2.45, 2.75) is 37.6 Å². The molecule has 3 aromatic rings. The second-order valence-electron chi connectivity index (χ2n) is 8.03. The van der Waals surface area contributed by atoms with Gasteiger partial charge >= 0.3 is 0 Å². The SMILES string of the molecule is CC(CCn1ccc(-c2ccc(OCCCn3cncn3)cc2)cc1=O)(C(=O)NO)S(C)(=O)=O. The minimum absolute atomic E-state index is 0.0164. The third-order valence-corrected chi connectivity index (χ3v) is 7.71. The summed E-state index contributed by atoms with van der Waals surface area (Å²) < 4.78 is 31.1. The third-order valence-electron chi connectivity index (χ3n) is 5.68. The largest absolute Gasteiger partial charge is 0.494 e. The van der Waals surface area contributed by atoms with Gasteiger partial charge in [0.1, 0.15) is 18.4 Å². The van der Waals surface area contributed by atoms with E-state index < -0.39 is 20.5 Å². The number of pyridine rings is 1. The predicted octanol–water partition coefficient (Wildman–Crippen LogP) is 1.27. The Labute approximate surface area is 196 Å². The van der Waals surface area contributed by atoms with E-state index in [2.05, 4.69) is 10.1 Å². The molecule has 0 bridgehead atoms. The highest BCUT2D eigenvalue weighted by atomic mass is 32.2. The second kappa shape index (κ2) is 10.6. The fraction of sp³-hybridized carbons (Fsp3) is 0.364. The number of aryl methyl sites for hydroxylation is 2. The lowest BCUT2D eigenvalue weighted by Crippen LogP contribution is -2.49. The van der Waals surface area contributed by atoms with Crippen molar-refractivity contribution in [2.24, 2.45) is 0 Å². The van der Waals surface area contributed by atoms with Gasteiger partial charge < -0.3 is 9.30 Å². The Morgan fingerprint density at radius 3 is 2.50 bits per heavy atom. The number of ether oxygens (including phenoxy) is 1. The van der Waals surface area contributed by atoms with Crippen LogP contribution in [0.3, 0.4) is 0 Å². The molecule has 0 aliphatic rings. The highest BCUT2D eigenvalue weighted by molar-refractivity contribution is 7.92. The number of carbonyl (C=O) groups excluding carboxylic acids is 1. The lowest BCUT2D eigenvalue weighted by molar-refractivity contribution is -0.131. The number of nitrogens with zero attached hydrogens (tertiary/aromatic N) is 4. The van der Waals surface area contributed by atoms with Gasteiger partial charge in [-0.1, -0.05) is 12.1 Å². The van der Waals surface area contributed by atoms with Crippen LogP contribution in [0, 0.1) is 0 Å². The number of rotatable bonds is 11. The Morgan fingerprint density at radius 1 is 1.18 bits per heavy atom. The summed E-state index contributed by atoms with van der Waals surface area (Å²) in [5.41, 5.74) is 2.57. The zero-order valence-electron chi connectivity index (χ0n) is 18.9. The molecule has 0 aliphatic heterocycles. The van der Waals surface area contributed by atoms with Crippen molar-refractivity contribution in [1.29, 1.82) is 0 Å². The molecule has 0 spiro atoms. The van der Waals surface area contributed by atoms with Crippen LogP contribution < -0.4 is 15.8 Å². The lowest BCUT2D eigenvalue weighted by Gasteiger charge is -2.25. The summed E-state index contributed by atoms with van der Waals surface area (Å²) in [5, 5.41) is 13.0. The van der Waals surface area contributed by atoms with Crippen LogP contribution >= 0.6 is 0 Å². The molecule has 0 saturated carbocycles. The number of amides is 1. The van der Waals surface area contributed by atoms with Gasteiger partial charge in [-0.25, -0.2) is 18.9 Å². The molecule has 1 unspecified atom stereocenters. The molecular formula is C22H27N5O6S. The van der Waals surface area contributed by atoms with Gasteiger partial charge in [0, 0.05) is 38.0 Å². The number of hydrogen-bond donors (Lipinski definition) is 2. The number of nitrogens with one attached hydrogen (secondary N) is 1. The summed E-state index contributed by atoms with van der Waals surface area (Å²) in [6.07, 6.45) is 6.20. The first-order chi connectivity index (χ1) is 16.1. The fourth-order valence-corrected chi connectivity index (χ4v) is 4.14. The molecule has 182 valence electrons. The Morgan fingerprint density at radius 2 is 1.91 bits per heavy atom. The quantitative estimate of drug-likeness (QED) is 0.233. The maximum absolute atomic E-state index is 12.6. The summed E-state index contributed by atoms with van der Waals surface area (Å²) in [6.45, 7) is 2.43. The van der Waals surface area contributed by atoms with E-state index in [1.165, 1.54) is 29.4 Å². The third kappa shape index (κ3) is 5.88. The van der Waals surface area contributed by atoms with Crippen molar-refractivity contribution in [3.8, 4) is 16.9 Å². The molecule has 12 heteroatoms. The average Bonchev–Trinajstić information content (AvgIpc) is 3.33. The first kappa shape index (κ1) is 25.1. The zero-order chi connectivity index (χ0) is 24.8. The molecule has 0 fully saturated rings. The highest BCUT2D eigenvalue weighted by Gasteiger charge is 2.43. The minimum Gasteiger partial charge on any atom is -0.494 e. The average molecular weight is 490 g/mol. The highest BCUT2D eigenvalue weighted by Crippen LogP contribution is 2.23. The first-order valence-electron chi connectivity index (χ1n) is 10.5. The van der Waals surface area contributed by atoms with Crippen LogP contribution in [0.15, 0.2) is 60.0 Å². The molecule has 1 amide bonds. The molecule has 0 radical (unpaired) electrons. The Hall–Kier alpha value is -3.51. The van der Waals surface area contributed by atoms with Gasteiger partial charge in [-0.15, -0.1) is 0 Å². The van der Waals surface area contributed by atoms with E-state index in [-0.39, 0.29) is 18.5 Å². The Balaban J connectivity index is 1.62. The number of sulfone groups is 1. The van der Waals surface area contributed by atoms with Crippen molar-refractivity contribution in [3.05, 3.63) is 65.6 Å². The molecule has 1 atom stereocenters. The normalized spacial score (nSPS) is 13.3. The van der Waals surface area contributed by atoms with Crippen molar-refractivity contribution >= 4 is 15.7 Å². The molecule has 2 N–H and O–H groups in total. The van der Waals surface area contributed by atoms with Gasteiger partial charge in [0.05, 0.1) is 6.61 Å². The summed E-state index contributed by atoms with van der Waals surface area (Å²) in [6, 6.07) is 10.5. The molecule has 0 saturated heterocycles. The Bertz CT molecular complexity index is 1270. The van der Waals surface area contributed by atoms with Gasteiger partial charge in [0.2, 0.25) is 0 Å². The van der Waals surface area contributed by atoms with Crippen molar-refractivity contribution in [2.75, 3.05) is 12.9 Å². The molecular weight excluding hydrogens is 462 g/mol. The van der Waals surface area contributed by atoms with E-state index in [0.29, 0.717) is 24.5 Å². The minimum atomic E-state index is -3.84. The van der Waals surface area contributed by atoms with Gasteiger partial charge in [-0.05, 0) is 42.7 Å². The van der Waals surface area contributed by atoms with Gasteiger partial charge in [0.25, 0.3) is 11.5 Å². The fourth-order valence-electron chi connectivity index (χ4n) is 3.30. The summed E-state index contributed by atoms with van der Waals surface area (Å²) in [5.74, 6) is -0.335. The first-order valence-corrected chi connectivity index (χ1v) is 12.4. The summed E-state index contributed by atoms with van der Waals surface area (Å²) >= 11 is 0. The Kier molecular flexibility index (Phi) is 7.84. The maximum Gasteiger partial charge on any atom is 0.264 e. The van der Waals surface area contributed by atoms with Crippen molar-refractivity contribution < 1.29 is 23.2 Å². The van der Waals surface area contributed by atoms with Gasteiger partial charge in [-0.2, -0.15) is 5.10 Å². The van der Waals surface area contributed by atoms with Crippen molar-refractivity contribution in [3.63, 3.8) is 0 Å². The number of carbonyl (C=O) groups is 1. The smallest absolute Gasteiger partial charge is 0.264 e. The molecule has 34 heavy (non-hydrogen) atoms. The van der Waals surface area contributed by atoms with E-state index in [1.807, 2.05) is 24.3 Å². The van der Waals surface area contributed by atoms with Crippen molar-refractivity contribution in [1.82, 2.24) is 24.8 Å². The van der Waals surface area contributed by atoms with Crippen LogP contribution in [0.4, 0.5) is 0 Å². The van der Waals surface area contributed by atoms with Crippen LogP contribution in [0.25, 0.3) is 11.1 Å². The predicted molar refractivity (Wildman–Crippen MR) is 124 cm³/mol. The lowest BCUT2D eigenvalue weighted by atomic mass is 10.1. The molecule has 0 aliphatic carbocycles. The van der Waals surface area contributed by atoms with E-state index in [9.17, 15) is 18.0 Å². The number of benzene rings is 1. The second-order valence-corrected chi connectivity index (χ2v) is 10.5. The van der Waals surface area contributed by atoms with Crippen LogP contribution in [0.1, 0.15) is 19.8 Å². The van der Waals surface area contributed by atoms with E-state index in [4.69, 9.17) is 9.94 Å². The molecule has 3 rings (SSSR count). The van der Waals surface area contributed by atoms with E-state index in [1.54, 1.807) is 23.3 Å². The topological polar surface area (TPSA) is 145 Å². The number of aromatic nitrogens is 4. The molecule has 1 aromatic carbocycles. The number of hydroxylamine groups is 1. The van der Waals surface area contributed by atoms with Gasteiger partial charge in [-0.3, -0.25) is 19.5 Å². The van der Waals surface area contributed by atoms with Crippen LogP contribution in [-0.2, 0) is 27.7 Å². The van der Waals surface area contributed by atoms with Crippen LogP contribution in [0.2, 0.25) is 0 Å². The van der Waals surface area contributed by atoms with E-state index in [0.717, 1.165) is 18.2 Å². The summed E-state index contributed by atoms with van der Waals surface area (Å²) in [7, 11) is -3.84. The molecule has 11 nitrogen and oxygen atoms in total. The zero-order valence-corrected chi connectivity index (χ0v) is 19.7. The standard InChI is InChI=1S/C22H27N5O6S/c1-22(21(29)25-30,34(2,31)32)9-12-26-11-8-18(14-20(26)28)17-4-6-19(7-5-17)33-13-3-10-27-16-23-15-24-27/h4-8,11,14-16,30H,3,9-10,12-13H2,1-2H3,(H,25,29). The van der Waals surface area contributed by atoms with E-state index >= 15 is 0 Å². The van der Waals surface area contributed by atoms with Gasteiger partial charge in [0.15, 0.2) is 14.6 Å². The number of hydrogen-bond acceptors (Lipinski definition) is 8. The summed E-state index contributed by atoms with van der Waals surface area (Å²) in [4.78, 5) is 28.4. The molecule has 2 aromatic heterocycles. The van der Waals surface area contributed by atoms with Crippen LogP contribution in [-0.4, -0.2) is 56.5 Å². The van der Waals surface area contributed by atoms with Crippen LogP contribution in [0.5, 0.6) is 5.75 Å².